The van der Waals surface area contributed by atoms with Crippen molar-refractivity contribution in [1.29, 1.82) is 0 Å². The van der Waals surface area contributed by atoms with Crippen molar-refractivity contribution in [1.82, 2.24) is 10.2 Å². The lowest BCUT2D eigenvalue weighted by molar-refractivity contribution is -0.141. The predicted molar refractivity (Wildman–Crippen MR) is 71.9 cm³/mol. The number of nitrogens with one attached hydrogen (secondary N) is 1. The summed E-state index contributed by atoms with van der Waals surface area (Å²) in [4.78, 5) is 14.1. The van der Waals surface area contributed by atoms with E-state index in [0.29, 0.717) is 38.8 Å². The van der Waals surface area contributed by atoms with Crippen molar-refractivity contribution >= 4 is 17.7 Å². The molecule has 0 aromatic carbocycles. The van der Waals surface area contributed by atoms with E-state index in [4.69, 9.17) is 9.47 Å². The molecule has 18 heavy (non-hydrogen) atoms. The summed E-state index contributed by atoms with van der Waals surface area (Å²) in [5.41, 5.74) is 0. The zero-order valence-electron chi connectivity index (χ0n) is 10.9. The van der Waals surface area contributed by atoms with Crippen LogP contribution >= 0.6 is 11.8 Å². The molecule has 1 N–H and O–H groups in total. The molecule has 0 spiro atoms. The van der Waals surface area contributed by atoms with Gasteiger partial charge >= 0.3 is 0 Å². The molecule has 6 heteroatoms. The Morgan fingerprint density at radius 1 is 1.61 bits per heavy atom. The molecule has 0 aromatic heterocycles. The number of rotatable bonds is 4. The third-order valence-corrected chi connectivity index (χ3v) is 4.39. The smallest absolute Gasteiger partial charge is 0.224 e. The average Bonchev–Trinajstić information content (AvgIpc) is 2.40. The molecule has 2 saturated heterocycles. The lowest BCUT2D eigenvalue weighted by Gasteiger charge is -2.34. The van der Waals surface area contributed by atoms with Gasteiger partial charge in [-0.15, -0.1) is 0 Å². The van der Waals surface area contributed by atoms with Crippen molar-refractivity contribution in [2.24, 2.45) is 0 Å². The monoisotopic (exact) mass is 274 g/mol. The summed E-state index contributed by atoms with van der Waals surface area (Å²) in [6.07, 6.45) is 0.633. The fourth-order valence-electron chi connectivity index (χ4n) is 2.32. The van der Waals surface area contributed by atoms with Gasteiger partial charge in [0.15, 0.2) is 0 Å². The van der Waals surface area contributed by atoms with E-state index < -0.39 is 0 Å². The zero-order valence-corrected chi connectivity index (χ0v) is 11.7. The third-order valence-electron chi connectivity index (χ3n) is 3.26. The molecule has 2 aliphatic rings. The second kappa shape index (κ2) is 7.33. The molecule has 2 aliphatic heterocycles. The van der Waals surface area contributed by atoms with Gasteiger partial charge in [-0.2, -0.15) is 11.8 Å². The Balaban J connectivity index is 1.76. The number of carbonyl (C=O) groups excluding carboxylic acids is 1. The van der Waals surface area contributed by atoms with E-state index in [2.05, 4.69) is 5.32 Å². The highest BCUT2D eigenvalue weighted by molar-refractivity contribution is 7.99. The van der Waals surface area contributed by atoms with E-state index in [1.165, 1.54) is 0 Å². The van der Waals surface area contributed by atoms with Crippen LogP contribution in [0.5, 0.6) is 0 Å². The predicted octanol–water partition coefficient (Wildman–Crippen LogP) is -0.0447. The molecule has 2 heterocycles. The highest BCUT2D eigenvalue weighted by Crippen LogP contribution is 2.13. The molecule has 0 bridgehead atoms. The van der Waals surface area contributed by atoms with Gasteiger partial charge in [0.1, 0.15) is 0 Å². The Morgan fingerprint density at radius 3 is 3.22 bits per heavy atom. The molecular weight excluding hydrogens is 252 g/mol. The Bertz CT molecular complexity index is 270. The van der Waals surface area contributed by atoms with Gasteiger partial charge in [-0.25, -0.2) is 0 Å². The molecule has 5 nitrogen and oxygen atoms in total. The van der Waals surface area contributed by atoms with Crippen molar-refractivity contribution in [3.05, 3.63) is 0 Å². The van der Waals surface area contributed by atoms with Gasteiger partial charge in [-0.1, -0.05) is 0 Å². The summed E-state index contributed by atoms with van der Waals surface area (Å²) in [5.74, 6) is 2.43. The number of amides is 1. The van der Waals surface area contributed by atoms with Crippen molar-refractivity contribution in [2.75, 3.05) is 51.5 Å². The molecule has 2 rings (SSSR count). The van der Waals surface area contributed by atoms with Crippen molar-refractivity contribution in [3.63, 3.8) is 0 Å². The van der Waals surface area contributed by atoms with Crippen LogP contribution in [0.2, 0.25) is 0 Å². The summed E-state index contributed by atoms with van der Waals surface area (Å²) in [6.45, 7) is 3.55. The molecule has 2 fully saturated rings. The molecule has 104 valence electrons. The summed E-state index contributed by atoms with van der Waals surface area (Å²) < 4.78 is 10.6. The van der Waals surface area contributed by atoms with E-state index in [9.17, 15) is 4.79 Å². The van der Waals surface area contributed by atoms with E-state index in [-0.39, 0.29) is 12.0 Å². The quantitative estimate of drug-likeness (QED) is 0.779. The summed E-state index contributed by atoms with van der Waals surface area (Å²) in [6, 6.07) is 0.333. The van der Waals surface area contributed by atoms with Gasteiger partial charge < -0.3 is 19.7 Å². The minimum atomic E-state index is 0.0291. The lowest BCUT2D eigenvalue weighted by atomic mass is 10.2. The minimum Gasteiger partial charge on any atom is -0.382 e. The maximum absolute atomic E-state index is 12.2. The van der Waals surface area contributed by atoms with Crippen LogP contribution in [0.15, 0.2) is 0 Å². The fraction of sp³-hybridized carbons (Fsp3) is 0.917. The first kappa shape index (κ1) is 14.1. The van der Waals surface area contributed by atoms with Crippen LogP contribution in [0, 0.1) is 0 Å². The van der Waals surface area contributed by atoms with Gasteiger partial charge in [-0.3, -0.25) is 4.79 Å². The third kappa shape index (κ3) is 4.12. The van der Waals surface area contributed by atoms with Crippen LogP contribution in [0.1, 0.15) is 6.42 Å². The van der Waals surface area contributed by atoms with Crippen LogP contribution in [-0.4, -0.2) is 74.4 Å². The Kier molecular flexibility index (Phi) is 5.75. The van der Waals surface area contributed by atoms with Crippen LogP contribution in [-0.2, 0) is 14.3 Å². The Morgan fingerprint density at radius 2 is 2.50 bits per heavy atom. The van der Waals surface area contributed by atoms with Crippen molar-refractivity contribution in [2.45, 2.75) is 18.6 Å². The summed E-state index contributed by atoms with van der Waals surface area (Å²) in [7, 11) is 1.66. The summed E-state index contributed by atoms with van der Waals surface area (Å²) >= 11 is 1.92. The van der Waals surface area contributed by atoms with Crippen LogP contribution in [0.4, 0.5) is 0 Å². The Labute approximate surface area is 113 Å². The van der Waals surface area contributed by atoms with Gasteiger partial charge in [0, 0.05) is 50.7 Å². The molecule has 0 aliphatic carbocycles. The fourth-order valence-corrected chi connectivity index (χ4v) is 3.27. The highest BCUT2D eigenvalue weighted by atomic mass is 32.2. The number of hydrogen-bond donors (Lipinski definition) is 1. The molecule has 2 unspecified atom stereocenters. The first-order valence-corrected chi connectivity index (χ1v) is 7.64. The number of methoxy groups -OCH3 is 1. The number of nitrogens with zero attached hydrogens (tertiary/aromatic N) is 1. The maximum atomic E-state index is 12.2. The van der Waals surface area contributed by atoms with Crippen LogP contribution in [0.3, 0.4) is 0 Å². The second-order valence-corrected chi connectivity index (χ2v) is 5.87. The highest BCUT2D eigenvalue weighted by Gasteiger charge is 2.26. The molecule has 1 amide bonds. The van der Waals surface area contributed by atoms with Crippen LogP contribution < -0.4 is 5.32 Å². The molecule has 0 radical (unpaired) electrons. The topological polar surface area (TPSA) is 50.8 Å². The SMILES string of the molecule is COCC1CN(C(=O)CC2CSCCN2)CCO1. The zero-order chi connectivity index (χ0) is 12.8. The second-order valence-electron chi connectivity index (χ2n) is 4.72. The average molecular weight is 274 g/mol. The maximum Gasteiger partial charge on any atom is 0.224 e. The first-order chi connectivity index (χ1) is 8.79. The van der Waals surface area contributed by atoms with Crippen molar-refractivity contribution < 1.29 is 14.3 Å². The normalized spacial score (nSPS) is 29.3. The van der Waals surface area contributed by atoms with Gasteiger partial charge in [-0.05, 0) is 0 Å². The van der Waals surface area contributed by atoms with Gasteiger partial charge in [0.05, 0.1) is 19.3 Å². The van der Waals surface area contributed by atoms with E-state index in [1.807, 2.05) is 16.7 Å². The molecular formula is C12H22N2O3S. The van der Waals surface area contributed by atoms with Gasteiger partial charge in [0.2, 0.25) is 5.91 Å². The molecule has 2 atom stereocenters. The Hall–Kier alpha value is -0.300. The number of carbonyl (C=O) groups is 1. The van der Waals surface area contributed by atoms with Crippen LogP contribution in [0.25, 0.3) is 0 Å². The largest absolute Gasteiger partial charge is 0.382 e. The number of hydrogen-bond acceptors (Lipinski definition) is 5. The summed E-state index contributed by atoms with van der Waals surface area (Å²) in [5, 5.41) is 3.40. The standard InChI is InChI=1S/C12H22N2O3S/c1-16-8-11-7-14(3-4-17-11)12(15)6-10-9-18-5-2-13-10/h10-11,13H,2-9H2,1H3. The molecule has 0 saturated carbocycles. The molecule has 0 aromatic rings. The number of ether oxygens (including phenoxy) is 2. The lowest BCUT2D eigenvalue weighted by Crippen LogP contribution is -2.49. The van der Waals surface area contributed by atoms with Gasteiger partial charge in [0.25, 0.3) is 0 Å². The first-order valence-electron chi connectivity index (χ1n) is 6.49. The van der Waals surface area contributed by atoms with E-state index in [0.717, 1.165) is 18.1 Å². The number of morpholine rings is 1. The minimum absolute atomic E-state index is 0.0291. The van der Waals surface area contributed by atoms with Crippen molar-refractivity contribution in [3.8, 4) is 0 Å². The number of thioether (sulfide) groups is 1. The van der Waals surface area contributed by atoms with E-state index in [1.54, 1.807) is 7.11 Å². The van der Waals surface area contributed by atoms with E-state index >= 15 is 0 Å².